The van der Waals surface area contributed by atoms with Crippen LogP contribution in [0.1, 0.15) is 43.5 Å². The quantitative estimate of drug-likeness (QED) is 0.865. The number of nitrogens with one attached hydrogen (secondary N) is 1. The summed E-state index contributed by atoms with van der Waals surface area (Å²) >= 11 is 0. The SMILES string of the molecule is CNC(CN(C)Cc1cccc(C)n1)C1CCCCC1. The Kier molecular flexibility index (Phi) is 5.99. The highest BCUT2D eigenvalue weighted by molar-refractivity contribution is 5.09. The van der Waals surface area contributed by atoms with Gasteiger partial charge >= 0.3 is 0 Å². The Morgan fingerprint density at radius 3 is 2.70 bits per heavy atom. The number of aryl methyl sites for hydroxylation is 1. The molecular weight excluding hydrogens is 246 g/mol. The molecule has 1 heterocycles. The van der Waals surface area contributed by atoms with E-state index in [1.165, 1.54) is 37.8 Å². The lowest BCUT2D eigenvalue weighted by atomic mass is 9.83. The average Bonchev–Trinajstić information content (AvgIpc) is 2.45. The Hall–Kier alpha value is -0.930. The fourth-order valence-electron chi connectivity index (χ4n) is 3.38. The lowest BCUT2D eigenvalue weighted by Gasteiger charge is -2.33. The summed E-state index contributed by atoms with van der Waals surface area (Å²) < 4.78 is 0. The van der Waals surface area contributed by atoms with Crippen LogP contribution in [0, 0.1) is 12.8 Å². The highest BCUT2D eigenvalue weighted by Gasteiger charge is 2.23. The minimum atomic E-state index is 0.616. The molecule has 1 aromatic heterocycles. The number of nitrogens with zero attached hydrogens (tertiary/aromatic N) is 2. The predicted octanol–water partition coefficient (Wildman–Crippen LogP) is 2.99. The first kappa shape index (κ1) is 15.5. The van der Waals surface area contributed by atoms with Crippen LogP contribution < -0.4 is 5.32 Å². The van der Waals surface area contributed by atoms with E-state index in [4.69, 9.17) is 0 Å². The smallest absolute Gasteiger partial charge is 0.0547 e. The fraction of sp³-hybridized carbons (Fsp3) is 0.706. The second-order valence-electron chi connectivity index (χ2n) is 6.26. The maximum absolute atomic E-state index is 4.60. The largest absolute Gasteiger partial charge is 0.315 e. The molecule has 1 unspecified atom stereocenters. The number of hydrogen-bond acceptors (Lipinski definition) is 3. The Morgan fingerprint density at radius 2 is 2.05 bits per heavy atom. The Morgan fingerprint density at radius 1 is 1.30 bits per heavy atom. The van der Waals surface area contributed by atoms with Crippen molar-refractivity contribution in [2.24, 2.45) is 5.92 Å². The molecule has 1 fully saturated rings. The molecule has 3 heteroatoms. The molecule has 20 heavy (non-hydrogen) atoms. The Bertz CT molecular complexity index is 399. The minimum Gasteiger partial charge on any atom is -0.315 e. The van der Waals surface area contributed by atoms with Gasteiger partial charge in [0, 0.05) is 24.8 Å². The summed E-state index contributed by atoms with van der Waals surface area (Å²) in [4.78, 5) is 7.00. The van der Waals surface area contributed by atoms with E-state index in [-0.39, 0.29) is 0 Å². The van der Waals surface area contributed by atoms with E-state index < -0.39 is 0 Å². The predicted molar refractivity (Wildman–Crippen MR) is 84.7 cm³/mol. The van der Waals surface area contributed by atoms with E-state index in [0.717, 1.165) is 24.7 Å². The summed E-state index contributed by atoms with van der Waals surface area (Å²) in [7, 11) is 4.31. The van der Waals surface area contributed by atoms with Crippen LogP contribution in [0.3, 0.4) is 0 Å². The van der Waals surface area contributed by atoms with E-state index in [2.05, 4.69) is 54.4 Å². The summed E-state index contributed by atoms with van der Waals surface area (Å²) in [5, 5.41) is 3.54. The number of likely N-dealkylation sites (N-methyl/N-ethyl adjacent to an activating group) is 2. The molecule has 1 aliphatic carbocycles. The van der Waals surface area contributed by atoms with Crippen molar-refractivity contribution < 1.29 is 0 Å². The minimum absolute atomic E-state index is 0.616. The fourth-order valence-corrected chi connectivity index (χ4v) is 3.38. The van der Waals surface area contributed by atoms with Gasteiger partial charge in [-0.1, -0.05) is 25.3 Å². The van der Waals surface area contributed by atoms with Crippen LogP contribution >= 0.6 is 0 Å². The van der Waals surface area contributed by atoms with E-state index in [0.29, 0.717) is 6.04 Å². The van der Waals surface area contributed by atoms with Crippen molar-refractivity contribution in [3.63, 3.8) is 0 Å². The van der Waals surface area contributed by atoms with E-state index in [9.17, 15) is 0 Å². The number of pyridine rings is 1. The Balaban J connectivity index is 1.86. The summed E-state index contributed by atoms with van der Waals surface area (Å²) in [6, 6.07) is 6.90. The molecule has 1 aromatic rings. The molecule has 0 amide bonds. The maximum atomic E-state index is 4.60. The zero-order chi connectivity index (χ0) is 14.4. The van der Waals surface area contributed by atoms with E-state index in [1.54, 1.807) is 0 Å². The molecule has 3 nitrogen and oxygen atoms in total. The van der Waals surface area contributed by atoms with Gasteiger partial charge < -0.3 is 5.32 Å². The van der Waals surface area contributed by atoms with Gasteiger partial charge in [-0.2, -0.15) is 0 Å². The third-order valence-electron chi connectivity index (χ3n) is 4.48. The van der Waals surface area contributed by atoms with Gasteiger partial charge in [-0.25, -0.2) is 0 Å². The molecule has 0 aliphatic heterocycles. The van der Waals surface area contributed by atoms with Crippen LogP contribution in [0.5, 0.6) is 0 Å². The summed E-state index contributed by atoms with van der Waals surface area (Å²) in [5.41, 5.74) is 2.28. The second kappa shape index (κ2) is 7.75. The molecule has 0 radical (unpaired) electrons. The topological polar surface area (TPSA) is 28.2 Å². The van der Waals surface area contributed by atoms with Gasteiger partial charge in [-0.05, 0) is 51.9 Å². The first-order valence-corrected chi connectivity index (χ1v) is 7.97. The molecule has 0 bridgehead atoms. The molecule has 0 aromatic carbocycles. The van der Waals surface area contributed by atoms with Crippen molar-refractivity contribution in [1.29, 1.82) is 0 Å². The lowest BCUT2D eigenvalue weighted by molar-refractivity contribution is 0.206. The molecule has 112 valence electrons. The zero-order valence-electron chi connectivity index (χ0n) is 13.2. The zero-order valence-corrected chi connectivity index (χ0v) is 13.2. The van der Waals surface area contributed by atoms with E-state index in [1.807, 2.05) is 0 Å². The van der Waals surface area contributed by atoms with Crippen LogP contribution in [0.4, 0.5) is 0 Å². The van der Waals surface area contributed by atoms with Crippen molar-refractivity contribution in [3.8, 4) is 0 Å². The summed E-state index contributed by atoms with van der Waals surface area (Å²) in [5.74, 6) is 0.849. The Labute approximate surface area is 123 Å². The van der Waals surface area contributed by atoms with Crippen molar-refractivity contribution in [3.05, 3.63) is 29.6 Å². The number of hydrogen-bond donors (Lipinski definition) is 1. The van der Waals surface area contributed by atoms with Crippen LogP contribution in [0.15, 0.2) is 18.2 Å². The molecule has 0 saturated heterocycles. The van der Waals surface area contributed by atoms with Crippen molar-refractivity contribution in [1.82, 2.24) is 15.2 Å². The van der Waals surface area contributed by atoms with Gasteiger partial charge in [0.15, 0.2) is 0 Å². The third kappa shape index (κ3) is 4.57. The van der Waals surface area contributed by atoms with Crippen molar-refractivity contribution in [2.75, 3.05) is 20.6 Å². The monoisotopic (exact) mass is 275 g/mol. The van der Waals surface area contributed by atoms with E-state index >= 15 is 0 Å². The summed E-state index contributed by atoms with van der Waals surface area (Å²) in [6.45, 7) is 4.10. The third-order valence-corrected chi connectivity index (χ3v) is 4.48. The normalized spacial score (nSPS) is 18.4. The molecule has 2 rings (SSSR count). The highest BCUT2D eigenvalue weighted by atomic mass is 15.1. The molecule has 1 aliphatic rings. The molecular formula is C17H29N3. The van der Waals surface area contributed by atoms with Crippen molar-refractivity contribution in [2.45, 2.75) is 51.6 Å². The maximum Gasteiger partial charge on any atom is 0.0547 e. The first-order chi connectivity index (χ1) is 9.69. The highest BCUT2D eigenvalue weighted by Crippen LogP contribution is 2.26. The standard InChI is InChI=1S/C17H29N3/c1-14-8-7-11-16(19-14)12-20(3)13-17(18-2)15-9-5-4-6-10-15/h7-8,11,15,17-18H,4-6,9-10,12-13H2,1-3H3. The van der Waals surface area contributed by atoms with Crippen LogP contribution in [0.2, 0.25) is 0 Å². The first-order valence-electron chi connectivity index (χ1n) is 7.97. The lowest BCUT2D eigenvalue weighted by Crippen LogP contribution is -2.43. The van der Waals surface area contributed by atoms with Gasteiger partial charge in [-0.15, -0.1) is 0 Å². The molecule has 1 saturated carbocycles. The van der Waals surface area contributed by atoms with Crippen LogP contribution in [-0.2, 0) is 6.54 Å². The summed E-state index contributed by atoms with van der Waals surface area (Å²) in [6.07, 6.45) is 7.03. The van der Waals surface area contributed by atoms with Gasteiger partial charge in [0.25, 0.3) is 0 Å². The van der Waals surface area contributed by atoms with Gasteiger partial charge in [0.2, 0.25) is 0 Å². The molecule has 0 spiro atoms. The number of rotatable bonds is 6. The van der Waals surface area contributed by atoms with Crippen molar-refractivity contribution >= 4 is 0 Å². The molecule has 1 atom stereocenters. The number of aromatic nitrogens is 1. The van der Waals surface area contributed by atoms with Gasteiger partial charge in [0.1, 0.15) is 0 Å². The van der Waals surface area contributed by atoms with Crippen LogP contribution in [0.25, 0.3) is 0 Å². The second-order valence-corrected chi connectivity index (χ2v) is 6.26. The van der Waals surface area contributed by atoms with Gasteiger partial charge in [-0.3, -0.25) is 9.88 Å². The average molecular weight is 275 g/mol. The van der Waals surface area contributed by atoms with Crippen LogP contribution in [-0.4, -0.2) is 36.6 Å². The molecule has 1 N–H and O–H groups in total. The van der Waals surface area contributed by atoms with Gasteiger partial charge in [0.05, 0.1) is 5.69 Å².